The molecule has 5 heavy (non-hydrogen) atoms. The van der Waals surface area contributed by atoms with Crippen molar-refractivity contribution in [2.45, 2.75) is 13.1 Å². The van der Waals surface area contributed by atoms with Crippen LogP contribution in [0.5, 0.6) is 0 Å². The molecule has 0 amide bonds. The Morgan fingerprint density at radius 3 is 1.80 bits per heavy atom. The molecule has 29 valence electrons. The third kappa shape index (κ3) is 3.89. The smallest absolute Gasteiger partial charge is 0.245 e. The van der Waals surface area contributed by atoms with E-state index in [-0.39, 0.29) is 0 Å². The van der Waals surface area contributed by atoms with Gasteiger partial charge in [0.05, 0.1) is 0 Å². The van der Waals surface area contributed by atoms with Crippen LogP contribution in [0.1, 0.15) is 0 Å². The highest BCUT2D eigenvalue weighted by Gasteiger charge is 1.91. The van der Waals surface area contributed by atoms with Crippen molar-refractivity contribution in [1.82, 2.24) is 0 Å². The molecule has 0 atom stereocenters. The van der Waals surface area contributed by atoms with Crippen molar-refractivity contribution in [1.29, 1.82) is 0 Å². The number of rotatable bonds is 1. The lowest BCUT2D eigenvalue weighted by Crippen LogP contribution is -1.99. The summed E-state index contributed by atoms with van der Waals surface area (Å²) in [6.45, 7) is 4.04. The topological polar surface area (TPSA) is 21.4 Å². The molecule has 1 nitrogen and oxygen atoms in total. The first-order chi connectivity index (χ1) is 2.27. The molecule has 0 heterocycles. The lowest BCUT2D eigenvalue weighted by atomic mass is 11.8. The first-order valence-electron chi connectivity index (χ1n) is 1.55. The van der Waals surface area contributed by atoms with Gasteiger partial charge in [-0.25, -0.2) is 0 Å². The zero-order valence-electron chi connectivity index (χ0n) is 3.52. The van der Waals surface area contributed by atoms with Gasteiger partial charge in [0.2, 0.25) is 5.91 Å². The van der Waals surface area contributed by atoms with Gasteiger partial charge in [-0.3, -0.25) is 4.79 Å². The predicted molar refractivity (Wildman–Crippen MR) is 25.5 cm³/mol. The summed E-state index contributed by atoms with van der Waals surface area (Å²) in [4.78, 5) is 8.06. The summed E-state index contributed by atoms with van der Waals surface area (Å²) in [5.41, 5.74) is 0. The summed E-state index contributed by atoms with van der Waals surface area (Å²) in [7, 11) is -0.443. The molecule has 0 saturated heterocycles. The Hall–Kier alpha value is -0.113. The van der Waals surface area contributed by atoms with E-state index in [2.05, 4.69) is 0 Å². The van der Waals surface area contributed by atoms with E-state index in [1.165, 1.54) is 5.91 Å². The molecule has 0 aromatic carbocycles. The molecule has 0 aromatic rings. The molecule has 0 bridgehead atoms. The average molecular weight is 88.2 g/mol. The van der Waals surface area contributed by atoms with Crippen LogP contribution >= 0.6 is 0 Å². The summed E-state index contributed by atoms with van der Waals surface area (Å²) in [6, 6.07) is 0. The minimum Gasteiger partial charge on any atom is -0.294 e. The second kappa shape index (κ2) is 2.14. The first-order valence-corrected chi connectivity index (χ1v) is 4.12. The lowest BCUT2D eigenvalue weighted by molar-refractivity contribution is 0.701. The van der Waals surface area contributed by atoms with Crippen molar-refractivity contribution in [3.8, 4) is 0 Å². The van der Waals surface area contributed by atoms with Crippen LogP contribution in [0.2, 0.25) is 13.1 Å². The zero-order chi connectivity index (χ0) is 4.28. The lowest BCUT2D eigenvalue weighted by Gasteiger charge is -1.68. The molecule has 0 rings (SSSR count). The van der Waals surface area contributed by atoms with Gasteiger partial charge in [-0.1, -0.05) is 13.1 Å². The molecule has 0 saturated carbocycles. The fraction of sp³-hybridized carbons (Fsp3) is 0.667. The molecule has 0 aromatic heterocycles. The Bertz CT molecular complexity index is 33.9. The Labute approximate surface area is 33.6 Å². The molecular weight excluding hydrogens is 80.1 g/mol. The minimum atomic E-state index is -0.443. The number of carbonyl (C=O) groups excluding carboxylic acids is 1. The van der Waals surface area contributed by atoms with E-state index in [4.69, 9.17) is 4.79 Å². The van der Waals surface area contributed by atoms with Crippen molar-refractivity contribution in [2.75, 3.05) is 0 Å². The summed E-state index contributed by atoms with van der Waals surface area (Å²) in [6.07, 6.45) is 0. The second-order valence-corrected chi connectivity index (χ2v) is 3.62. The van der Waals surface area contributed by atoms with Gasteiger partial charge in [-0.15, -0.1) is 0 Å². The molecule has 0 spiro atoms. The van der Waals surface area contributed by atoms with E-state index in [1.54, 1.807) is 0 Å². The quantitative estimate of drug-likeness (QED) is 0.252. The maximum absolute atomic E-state index is 8.06. The molecule has 0 aliphatic carbocycles. The third-order valence-electron chi connectivity index (χ3n) is 0.258. The van der Waals surface area contributed by atoms with E-state index in [0.29, 0.717) is 0 Å². The Kier molecular flexibility index (Phi) is 2.10. The summed E-state index contributed by atoms with van der Waals surface area (Å²) in [5.74, 6) is 1.27. The van der Waals surface area contributed by atoms with Crippen molar-refractivity contribution in [3.63, 3.8) is 0 Å². The normalized spacial score (nSPS) is 8.60. The summed E-state index contributed by atoms with van der Waals surface area (Å²) < 4.78 is 0. The molecule has 1 N–H and O–H groups in total. The summed E-state index contributed by atoms with van der Waals surface area (Å²) >= 11 is 0. The van der Waals surface area contributed by atoms with Gasteiger partial charge in [0, 0.05) is 0 Å². The van der Waals surface area contributed by atoms with E-state index >= 15 is 0 Å². The van der Waals surface area contributed by atoms with Crippen molar-refractivity contribution in [3.05, 3.63) is 0 Å². The minimum absolute atomic E-state index is 0.443. The van der Waals surface area contributed by atoms with E-state index in [0.717, 1.165) is 0 Å². The van der Waals surface area contributed by atoms with Gasteiger partial charge in [-0.05, 0) is 0 Å². The highest BCUT2D eigenvalue weighted by Crippen LogP contribution is 1.64. The number of hydrogen-bond donors (Lipinski definition) is 0. The SMILES string of the molecule is C[Si](C)C=[OH+]. The molecule has 0 aliphatic rings. The van der Waals surface area contributed by atoms with Crippen molar-refractivity contribution < 1.29 is 4.79 Å². The van der Waals surface area contributed by atoms with Gasteiger partial charge in [0.1, 0.15) is 0 Å². The van der Waals surface area contributed by atoms with Crippen LogP contribution in [0.3, 0.4) is 0 Å². The maximum atomic E-state index is 8.06. The van der Waals surface area contributed by atoms with Crippen LogP contribution in [-0.2, 0) is 0 Å². The van der Waals surface area contributed by atoms with Gasteiger partial charge >= 0.3 is 0 Å². The van der Waals surface area contributed by atoms with Crippen molar-refractivity contribution in [2.24, 2.45) is 0 Å². The molecule has 0 unspecified atom stereocenters. The van der Waals surface area contributed by atoms with Gasteiger partial charge < -0.3 is 0 Å². The monoisotopic (exact) mass is 88.0 g/mol. The number of hydrogen-bond acceptors (Lipinski definition) is 0. The first kappa shape index (κ1) is 4.89. The van der Waals surface area contributed by atoms with Gasteiger partial charge in [-0.2, -0.15) is 0 Å². The largest absolute Gasteiger partial charge is 0.294 e. The van der Waals surface area contributed by atoms with Crippen LogP contribution in [0.15, 0.2) is 0 Å². The van der Waals surface area contributed by atoms with Crippen LogP contribution in [-0.4, -0.2) is 19.5 Å². The van der Waals surface area contributed by atoms with E-state index in [9.17, 15) is 0 Å². The summed E-state index contributed by atoms with van der Waals surface area (Å²) in [5, 5.41) is 0. The van der Waals surface area contributed by atoms with E-state index < -0.39 is 8.80 Å². The van der Waals surface area contributed by atoms with Crippen LogP contribution in [0.25, 0.3) is 0 Å². The molecule has 0 aliphatic heterocycles. The second-order valence-electron chi connectivity index (χ2n) is 1.21. The third-order valence-corrected chi connectivity index (χ3v) is 0.775. The van der Waals surface area contributed by atoms with Crippen LogP contribution in [0.4, 0.5) is 0 Å². The molecular formula is C3H8OSi+. The van der Waals surface area contributed by atoms with Crippen molar-refractivity contribution >= 4 is 14.7 Å². The fourth-order valence-electron chi connectivity index (χ4n) is 0. The van der Waals surface area contributed by atoms with E-state index in [1.807, 2.05) is 13.1 Å². The van der Waals surface area contributed by atoms with Crippen LogP contribution < -0.4 is 0 Å². The maximum Gasteiger partial charge on any atom is 0.245 e. The molecule has 2 heteroatoms. The Morgan fingerprint density at radius 1 is 1.60 bits per heavy atom. The Morgan fingerprint density at radius 2 is 1.80 bits per heavy atom. The molecule has 1 radical (unpaired) electrons. The standard InChI is InChI=1S/C3H7OSi/c1-5(2)3-4/h3H,1-2H3/p+1. The average Bonchev–Trinajstić information content (AvgIpc) is 1.38. The zero-order valence-corrected chi connectivity index (χ0v) is 4.52. The highest BCUT2D eigenvalue weighted by atomic mass is 28.3. The van der Waals surface area contributed by atoms with Gasteiger partial charge in [0.15, 0.2) is 8.80 Å². The predicted octanol–water partition coefficient (Wildman–Crippen LogP) is 0.455. The Balaban J connectivity index is 2.83. The fourth-order valence-corrected chi connectivity index (χ4v) is 0. The molecule has 0 fully saturated rings. The van der Waals surface area contributed by atoms with Gasteiger partial charge in [0.25, 0.3) is 0 Å². The van der Waals surface area contributed by atoms with Crippen LogP contribution in [0, 0.1) is 0 Å². The highest BCUT2D eigenvalue weighted by molar-refractivity contribution is 6.82.